The monoisotopic (exact) mass is 388 g/mol. The summed E-state index contributed by atoms with van der Waals surface area (Å²) in [4.78, 5) is 17.9. The van der Waals surface area contributed by atoms with Crippen molar-refractivity contribution in [2.45, 2.75) is 77.3 Å². The number of hydrogen-bond acceptors (Lipinski definition) is 4. The molecule has 1 amide bonds. The molecule has 3 aliphatic rings. The quantitative estimate of drug-likeness (QED) is 0.842. The summed E-state index contributed by atoms with van der Waals surface area (Å²) < 4.78 is 2.13. The first-order valence-corrected chi connectivity index (χ1v) is 11.4. The molecule has 156 valence electrons. The molecule has 1 aliphatic carbocycles. The van der Waals surface area contributed by atoms with Gasteiger partial charge in [-0.05, 0) is 76.8 Å². The van der Waals surface area contributed by atoms with E-state index in [1.54, 1.807) is 0 Å². The molecular formula is C22H36N4O2. The van der Waals surface area contributed by atoms with Gasteiger partial charge >= 0.3 is 0 Å². The van der Waals surface area contributed by atoms with Gasteiger partial charge in [-0.1, -0.05) is 6.92 Å². The fourth-order valence-corrected chi connectivity index (χ4v) is 5.30. The van der Waals surface area contributed by atoms with Crippen molar-refractivity contribution in [3.63, 3.8) is 0 Å². The minimum Gasteiger partial charge on any atom is -0.396 e. The highest BCUT2D eigenvalue weighted by atomic mass is 16.3. The molecule has 2 fully saturated rings. The van der Waals surface area contributed by atoms with E-state index in [9.17, 15) is 9.90 Å². The number of piperidine rings is 2. The predicted molar refractivity (Wildman–Crippen MR) is 109 cm³/mol. The van der Waals surface area contributed by atoms with E-state index < -0.39 is 0 Å². The van der Waals surface area contributed by atoms with Gasteiger partial charge in [0.25, 0.3) is 5.91 Å². The highest BCUT2D eigenvalue weighted by Crippen LogP contribution is 2.31. The third kappa shape index (κ3) is 3.99. The van der Waals surface area contributed by atoms with E-state index >= 15 is 0 Å². The lowest BCUT2D eigenvalue weighted by Gasteiger charge is -2.39. The Morgan fingerprint density at radius 2 is 1.86 bits per heavy atom. The molecule has 2 aliphatic heterocycles. The van der Waals surface area contributed by atoms with Gasteiger partial charge in [0.1, 0.15) is 0 Å². The van der Waals surface area contributed by atoms with Crippen LogP contribution in [0, 0.1) is 5.92 Å². The average Bonchev–Trinajstić information content (AvgIpc) is 3.12. The number of carbonyl (C=O) groups is 1. The summed E-state index contributed by atoms with van der Waals surface area (Å²) in [5, 5.41) is 14.3. The number of carbonyl (C=O) groups excluding carboxylic acids is 1. The van der Waals surface area contributed by atoms with Gasteiger partial charge < -0.3 is 14.9 Å². The number of nitrogens with zero attached hydrogens (tertiary/aromatic N) is 4. The van der Waals surface area contributed by atoms with Crippen molar-refractivity contribution in [3.8, 4) is 0 Å². The van der Waals surface area contributed by atoms with Crippen molar-refractivity contribution < 1.29 is 9.90 Å². The SMILES string of the molecule is CCCn1nc(C(=O)N2CCCCC2)c2c1CCC(N1CCC(CO)CC1)C2. The maximum Gasteiger partial charge on any atom is 0.274 e. The summed E-state index contributed by atoms with van der Waals surface area (Å²) in [6.07, 6.45) is 9.84. The summed E-state index contributed by atoms with van der Waals surface area (Å²) in [5.74, 6) is 0.629. The predicted octanol–water partition coefficient (Wildman–Crippen LogP) is 2.48. The van der Waals surface area contributed by atoms with E-state index in [1.165, 1.54) is 17.7 Å². The van der Waals surface area contributed by atoms with Crippen LogP contribution in [-0.4, -0.2) is 69.4 Å². The average molecular weight is 389 g/mol. The fraction of sp³-hybridized carbons (Fsp3) is 0.818. The third-order valence-electron chi connectivity index (χ3n) is 7.03. The molecule has 0 aromatic carbocycles. The highest BCUT2D eigenvalue weighted by Gasteiger charge is 2.34. The number of aryl methyl sites for hydroxylation is 1. The first kappa shape index (κ1) is 19.9. The number of aliphatic hydroxyl groups is 1. The van der Waals surface area contributed by atoms with E-state index in [0.717, 1.165) is 89.8 Å². The topological polar surface area (TPSA) is 61.6 Å². The maximum atomic E-state index is 13.3. The molecule has 4 rings (SSSR count). The Morgan fingerprint density at radius 3 is 2.54 bits per heavy atom. The van der Waals surface area contributed by atoms with Gasteiger partial charge in [-0.15, -0.1) is 0 Å². The molecule has 0 radical (unpaired) electrons. The van der Waals surface area contributed by atoms with Gasteiger partial charge in [0.15, 0.2) is 5.69 Å². The number of likely N-dealkylation sites (tertiary alicyclic amines) is 2. The van der Waals surface area contributed by atoms with Crippen LogP contribution in [0.4, 0.5) is 0 Å². The summed E-state index contributed by atoms with van der Waals surface area (Å²) in [6, 6.07) is 0.513. The first-order valence-electron chi connectivity index (χ1n) is 11.4. The Labute approximate surface area is 168 Å². The van der Waals surface area contributed by atoms with Crippen LogP contribution in [0.5, 0.6) is 0 Å². The van der Waals surface area contributed by atoms with Gasteiger partial charge in [0, 0.05) is 43.5 Å². The molecule has 1 unspecified atom stereocenters. The standard InChI is InChI=1S/C22H36N4O2/c1-2-10-26-20-7-6-18(24-13-8-17(16-27)9-14-24)15-19(20)21(23-26)22(28)25-11-4-3-5-12-25/h17-18,27H,2-16H2,1H3. The molecule has 3 heterocycles. The summed E-state index contributed by atoms with van der Waals surface area (Å²) >= 11 is 0. The number of hydrogen-bond donors (Lipinski definition) is 1. The third-order valence-corrected chi connectivity index (χ3v) is 7.03. The highest BCUT2D eigenvalue weighted by molar-refractivity contribution is 5.94. The number of fused-ring (bicyclic) bond motifs is 1. The largest absolute Gasteiger partial charge is 0.396 e. The second-order valence-electron chi connectivity index (χ2n) is 8.91. The summed E-state index contributed by atoms with van der Waals surface area (Å²) in [5.41, 5.74) is 3.27. The van der Waals surface area contributed by atoms with Crippen molar-refractivity contribution in [2.24, 2.45) is 5.92 Å². The Balaban J connectivity index is 1.54. The smallest absolute Gasteiger partial charge is 0.274 e. The van der Waals surface area contributed by atoms with Gasteiger partial charge in [0.2, 0.25) is 0 Å². The lowest BCUT2D eigenvalue weighted by atomic mass is 9.87. The van der Waals surface area contributed by atoms with Crippen LogP contribution in [0.1, 0.15) is 73.6 Å². The maximum absolute atomic E-state index is 13.3. The van der Waals surface area contributed by atoms with Crippen molar-refractivity contribution in [1.82, 2.24) is 19.6 Å². The fourth-order valence-electron chi connectivity index (χ4n) is 5.30. The normalized spacial score (nSPS) is 24.4. The van der Waals surface area contributed by atoms with Crippen molar-refractivity contribution in [3.05, 3.63) is 17.0 Å². The Kier molecular flexibility index (Phi) is 6.36. The molecule has 6 heteroatoms. The van der Waals surface area contributed by atoms with Crippen LogP contribution in [-0.2, 0) is 19.4 Å². The number of amides is 1. The van der Waals surface area contributed by atoms with E-state index in [0.29, 0.717) is 18.6 Å². The second kappa shape index (κ2) is 8.95. The second-order valence-corrected chi connectivity index (χ2v) is 8.91. The molecule has 28 heavy (non-hydrogen) atoms. The van der Waals surface area contributed by atoms with E-state index in [1.807, 2.05) is 4.90 Å². The van der Waals surface area contributed by atoms with E-state index in [4.69, 9.17) is 5.10 Å². The zero-order valence-corrected chi connectivity index (χ0v) is 17.4. The van der Waals surface area contributed by atoms with Crippen molar-refractivity contribution in [2.75, 3.05) is 32.8 Å². The number of aliphatic hydroxyl groups excluding tert-OH is 1. The van der Waals surface area contributed by atoms with Crippen LogP contribution >= 0.6 is 0 Å². The Bertz CT molecular complexity index is 672. The number of rotatable bonds is 5. The molecular weight excluding hydrogens is 352 g/mol. The van der Waals surface area contributed by atoms with Gasteiger partial charge in [-0.25, -0.2) is 0 Å². The molecule has 6 nitrogen and oxygen atoms in total. The molecule has 1 N–H and O–H groups in total. The van der Waals surface area contributed by atoms with Gasteiger partial charge in [-0.3, -0.25) is 9.48 Å². The Morgan fingerprint density at radius 1 is 1.11 bits per heavy atom. The van der Waals surface area contributed by atoms with Crippen LogP contribution in [0.2, 0.25) is 0 Å². The molecule has 1 atom stereocenters. The minimum absolute atomic E-state index is 0.158. The summed E-state index contributed by atoms with van der Waals surface area (Å²) in [7, 11) is 0. The lowest BCUT2D eigenvalue weighted by Crippen LogP contribution is -2.45. The lowest BCUT2D eigenvalue weighted by molar-refractivity contribution is 0.0713. The zero-order chi connectivity index (χ0) is 19.5. The zero-order valence-electron chi connectivity index (χ0n) is 17.4. The molecule has 1 aromatic heterocycles. The Hall–Kier alpha value is -1.40. The number of aromatic nitrogens is 2. The van der Waals surface area contributed by atoms with E-state index in [-0.39, 0.29) is 5.91 Å². The van der Waals surface area contributed by atoms with Crippen molar-refractivity contribution in [1.29, 1.82) is 0 Å². The molecule has 0 spiro atoms. The van der Waals surface area contributed by atoms with Crippen LogP contribution in [0.3, 0.4) is 0 Å². The summed E-state index contributed by atoms with van der Waals surface area (Å²) in [6.45, 7) is 7.31. The van der Waals surface area contributed by atoms with Gasteiger partial charge in [0.05, 0.1) is 0 Å². The molecule has 2 saturated heterocycles. The molecule has 0 bridgehead atoms. The first-order chi connectivity index (χ1) is 13.7. The van der Waals surface area contributed by atoms with E-state index in [2.05, 4.69) is 16.5 Å². The van der Waals surface area contributed by atoms with Gasteiger partial charge in [-0.2, -0.15) is 5.10 Å². The molecule has 1 aromatic rings. The van der Waals surface area contributed by atoms with Crippen molar-refractivity contribution >= 4 is 5.91 Å². The molecule has 0 saturated carbocycles. The van der Waals surface area contributed by atoms with Crippen LogP contribution in [0.25, 0.3) is 0 Å². The van der Waals surface area contributed by atoms with Crippen LogP contribution < -0.4 is 0 Å². The van der Waals surface area contributed by atoms with Crippen LogP contribution in [0.15, 0.2) is 0 Å². The minimum atomic E-state index is 0.158.